The molecule has 0 amide bonds. The van der Waals surface area contributed by atoms with Crippen LogP contribution in [0.4, 0.5) is 0 Å². The Bertz CT molecular complexity index is 493. The van der Waals surface area contributed by atoms with Crippen molar-refractivity contribution in [3.05, 3.63) is 29.3 Å². The molecule has 0 aromatic heterocycles. The van der Waals surface area contributed by atoms with E-state index in [-0.39, 0.29) is 5.96 Å². The lowest BCUT2D eigenvalue weighted by molar-refractivity contribution is 0.0597. The summed E-state index contributed by atoms with van der Waals surface area (Å²) in [6.07, 6.45) is 1.41. The number of guanidine groups is 1. The van der Waals surface area contributed by atoms with Gasteiger partial charge in [0, 0.05) is 0 Å². The fourth-order valence-electron chi connectivity index (χ4n) is 1.24. The van der Waals surface area contributed by atoms with Crippen molar-refractivity contribution in [3.8, 4) is 5.75 Å². The van der Waals surface area contributed by atoms with Gasteiger partial charge in [-0.25, -0.2) is 4.79 Å². The number of hydrogen-bond donors (Lipinski definition) is 2. The van der Waals surface area contributed by atoms with Crippen LogP contribution in [0.25, 0.3) is 0 Å². The number of esters is 1. The van der Waals surface area contributed by atoms with Crippen LogP contribution in [0.3, 0.4) is 0 Å². The van der Waals surface area contributed by atoms with E-state index >= 15 is 0 Å². The fraction of sp³-hybridized carbons (Fsp3) is 0.182. The maximum Gasteiger partial charge on any atom is 0.341 e. The van der Waals surface area contributed by atoms with Crippen molar-refractivity contribution in [1.82, 2.24) is 0 Å². The molecule has 0 aliphatic heterocycles. The van der Waals surface area contributed by atoms with Crippen molar-refractivity contribution in [2.24, 2.45) is 21.7 Å². The molecule has 0 atom stereocenters. The molecule has 0 bridgehead atoms. The highest BCUT2D eigenvalue weighted by Crippen LogP contribution is 2.20. The van der Waals surface area contributed by atoms with Crippen LogP contribution in [0.15, 0.2) is 28.4 Å². The van der Waals surface area contributed by atoms with Gasteiger partial charge in [-0.2, -0.15) is 5.10 Å². The molecule has 0 saturated carbocycles. The van der Waals surface area contributed by atoms with Crippen LogP contribution in [0.5, 0.6) is 5.75 Å². The molecule has 0 aliphatic rings. The quantitative estimate of drug-likeness (QED) is 0.340. The molecule has 1 rings (SSSR count). The molecule has 7 nitrogen and oxygen atoms in total. The van der Waals surface area contributed by atoms with Gasteiger partial charge in [-0.15, -0.1) is 5.10 Å². The largest absolute Gasteiger partial charge is 0.496 e. The molecule has 18 heavy (non-hydrogen) atoms. The first kappa shape index (κ1) is 13.5. The molecule has 0 aliphatic carbocycles. The third kappa shape index (κ3) is 3.48. The van der Waals surface area contributed by atoms with Gasteiger partial charge in [-0.1, -0.05) is 0 Å². The van der Waals surface area contributed by atoms with Crippen LogP contribution >= 0.6 is 0 Å². The van der Waals surface area contributed by atoms with Crippen LogP contribution in [0.1, 0.15) is 15.9 Å². The Morgan fingerprint density at radius 1 is 1.33 bits per heavy atom. The molecule has 1 aromatic carbocycles. The first-order valence-electron chi connectivity index (χ1n) is 4.96. The average Bonchev–Trinajstić information content (AvgIpc) is 2.37. The summed E-state index contributed by atoms with van der Waals surface area (Å²) in [5.41, 5.74) is 11.2. The summed E-state index contributed by atoms with van der Waals surface area (Å²) < 4.78 is 9.70. The van der Waals surface area contributed by atoms with Crippen LogP contribution in [-0.2, 0) is 4.74 Å². The van der Waals surface area contributed by atoms with Crippen molar-refractivity contribution in [2.45, 2.75) is 0 Å². The number of nitrogens with zero attached hydrogens (tertiary/aromatic N) is 2. The maximum absolute atomic E-state index is 11.5. The molecule has 0 unspecified atom stereocenters. The predicted molar refractivity (Wildman–Crippen MR) is 67.7 cm³/mol. The summed E-state index contributed by atoms with van der Waals surface area (Å²) in [5.74, 6) is -0.224. The lowest BCUT2D eigenvalue weighted by atomic mass is 10.1. The molecule has 4 N–H and O–H groups in total. The van der Waals surface area contributed by atoms with Gasteiger partial charge in [0.1, 0.15) is 11.3 Å². The van der Waals surface area contributed by atoms with E-state index in [0.29, 0.717) is 16.9 Å². The van der Waals surface area contributed by atoms with Crippen molar-refractivity contribution in [2.75, 3.05) is 14.2 Å². The number of nitrogens with two attached hydrogens (primary N) is 2. The normalized spacial score (nSPS) is 10.1. The molecule has 0 spiro atoms. The molecule has 0 fully saturated rings. The zero-order valence-corrected chi connectivity index (χ0v) is 10.1. The van der Waals surface area contributed by atoms with Crippen molar-refractivity contribution >= 4 is 18.1 Å². The highest BCUT2D eigenvalue weighted by Gasteiger charge is 2.12. The number of hydrogen-bond acceptors (Lipinski definition) is 5. The minimum absolute atomic E-state index is 0.145. The Kier molecular flexibility index (Phi) is 4.67. The second-order valence-corrected chi connectivity index (χ2v) is 3.22. The summed E-state index contributed by atoms with van der Waals surface area (Å²) in [4.78, 5) is 11.5. The Hall–Kier alpha value is -2.57. The standard InChI is InChI=1S/C11H14N4O3/c1-17-9-4-3-7(6-14-15-11(12)13)5-8(9)10(16)18-2/h3-6H,1-2H3,(H4,12,13,15). The van der Waals surface area contributed by atoms with Gasteiger partial charge < -0.3 is 20.9 Å². The Balaban J connectivity index is 3.07. The number of carbonyl (C=O) groups is 1. The molecule has 0 saturated heterocycles. The third-order valence-electron chi connectivity index (χ3n) is 2.01. The van der Waals surface area contributed by atoms with Crippen LogP contribution in [0, 0.1) is 0 Å². The van der Waals surface area contributed by atoms with E-state index in [4.69, 9.17) is 16.2 Å². The highest BCUT2D eigenvalue weighted by atomic mass is 16.5. The van der Waals surface area contributed by atoms with Crippen molar-refractivity contribution < 1.29 is 14.3 Å². The summed E-state index contributed by atoms with van der Waals surface area (Å²) in [5, 5.41) is 7.09. The highest BCUT2D eigenvalue weighted by molar-refractivity contribution is 5.95. The van der Waals surface area contributed by atoms with Gasteiger partial charge >= 0.3 is 5.97 Å². The Labute approximate surface area is 104 Å². The van der Waals surface area contributed by atoms with E-state index in [9.17, 15) is 4.79 Å². The Morgan fingerprint density at radius 2 is 2.06 bits per heavy atom. The van der Waals surface area contributed by atoms with E-state index in [0.717, 1.165) is 0 Å². The van der Waals surface area contributed by atoms with Crippen LogP contribution < -0.4 is 16.2 Å². The number of ether oxygens (including phenoxy) is 2. The Morgan fingerprint density at radius 3 is 2.61 bits per heavy atom. The number of benzene rings is 1. The molecule has 1 aromatic rings. The minimum Gasteiger partial charge on any atom is -0.496 e. The average molecular weight is 250 g/mol. The van der Waals surface area contributed by atoms with Gasteiger partial charge in [-0.3, -0.25) is 0 Å². The van der Waals surface area contributed by atoms with Gasteiger partial charge in [0.05, 0.1) is 20.4 Å². The van der Waals surface area contributed by atoms with Crippen LogP contribution in [0.2, 0.25) is 0 Å². The van der Waals surface area contributed by atoms with E-state index in [1.54, 1.807) is 18.2 Å². The lowest BCUT2D eigenvalue weighted by Gasteiger charge is -2.06. The smallest absolute Gasteiger partial charge is 0.341 e. The minimum atomic E-state index is -0.496. The second-order valence-electron chi connectivity index (χ2n) is 3.22. The predicted octanol–water partition coefficient (Wildman–Crippen LogP) is 0.0891. The number of carbonyl (C=O) groups excluding carboxylic acids is 1. The van der Waals surface area contributed by atoms with Gasteiger partial charge in [0.2, 0.25) is 5.96 Å². The summed E-state index contributed by atoms with van der Waals surface area (Å²) in [6, 6.07) is 4.90. The first-order valence-corrected chi connectivity index (χ1v) is 4.96. The number of rotatable bonds is 4. The molecule has 96 valence electrons. The SMILES string of the molecule is COC(=O)c1cc(C=NN=C(N)N)ccc1OC. The van der Waals surface area contributed by atoms with Gasteiger partial charge in [0.15, 0.2) is 0 Å². The first-order chi connectivity index (χ1) is 8.58. The van der Waals surface area contributed by atoms with E-state index in [1.165, 1.54) is 20.4 Å². The zero-order chi connectivity index (χ0) is 13.5. The zero-order valence-electron chi connectivity index (χ0n) is 10.1. The summed E-state index contributed by atoms with van der Waals surface area (Å²) >= 11 is 0. The third-order valence-corrected chi connectivity index (χ3v) is 2.01. The molecular formula is C11H14N4O3. The topological polar surface area (TPSA) is 112 Å². The molecule has 7 heteroatoms. The van der Waals surface area contributed by atoms with Crippen molar-refractivity contribution in [3.63, 3.8) is 0 Å². The maximum atomic E-state index is 11.5. The van der Waals surface area contributed by atoms with Gasteiger partial charge in [-0.05, 0) is 23.8 Å². The summed E-state index contributed by atoms with van der Waals surface area (Å²) in [7, 11) is 2.76. The number of methoxy groups -OCH3 is 2. The van der Waals surface area contributed by atoms with E-state index in [1.807, 2.05) is 0 Å². The second kappa shape index (κ2) is 6.24. The summed E-state index contributed by atoms with van der Waals surface area (Å²) in [6.45, 7) is 0. The van der Waals surface area contributed by atoms with E-state index < -0.39 is 5.97 Å². The monoisotopic (exact) mass is 250 g/mol. The van der Waals surface area contributed by atoms with Gasteiger partial charge in [0.25, 0.3) is 0 Å². The fourth-order valence-corrected chi connectivity index (χ4v) is 1.24. The molecule has 0 heterocycles. The van der Waals surface area contributed by atoms with E-state index in [2.05, 4.69) is 14.9 Å². The molecule has 0 radical (unpaired) electrons. The molecular weight excluding hydrogens is 236 g/mol. The van der Waals surface area contributed by atoms with Crippen LogP contribution in [-0.4, -0.2) is 32.4 Å². The van der Waals surface area contributed by atoms with Crippen molar-refractivity contribution in [1.29, 1.82) is 0 Å². The lowest BCUT2D eigenvalue weighted by Crippen LogP contribution is -2.21.